The molecule has 6 nitrogen and oxygen atoms in total. The van der Waals surface area contributed by atoms with E-state index < -0.39 is 0 Å². The Morgan fingerprint density at radius 2 is 2.14 bits per heavy atom. The summed E-state index contributed by atoms with van der Waals surface area (Å²) in [5.41, 5.74) is 3.63. The van der Waals surface area contributed by atoms with Crippen molar-refractivity contribution < 1.29 is 14.3 Å². The summed E-state index contributed by atoms with van der Waals surface area (Å²) >= 11 is 0. The summed E-state index contributed by atoms with van der Waals surface area (Å²) in [5.74, 6) is 0.661. The lowest BCUT2D eigenvalue weighted by Gasteiger charge is -2.22. The van der Waals surface area contributed by atoms with Gasteiger partial charge in [0.05, 0.1) is 18.6 Å². The molecule has 0 radical (unpaired) electrons. The van der Waals surface area contributed by atoms with Crippen molar-refractivity contribution in [1.29, 1.82) is 0 Å². The molecule has 1 aromatic heterocycles. The molecule has 6 heteroatoms. The molecule has 0 saturated carbocycles. The molecule has 0 bridgehead atoms. The van der Waals surface area contributed by atoms with Crippen LogP contribution in [0.25, 0.3) is 0 Å². The van der Waals surface area contributed by atoms with Gasteiger partial charge in [-0.05, 0) is 54.5 Å². The number of hydrogen-bond acceptors (Lipinski definition) is 5. The number of hydrogen-bond donors (Lipinski definition) is 2. The summed E-state index contributed by atoms with van der Waals surface area (Å²) in [4.78, 5) is 28.5. The fourth-order valence-electron chi connectivity index (χ4n) is 3.32. The van der Waals surface area contributed by atoms with E-state index in [9.17, 15) is 9.59 Å². The smallest absolute Gasteiger partial charge is 0.306 e. The number of aromatic nitrogens is 1. The largest absolute Gasteiger partial charge is 0.466 e. The highest BCUT2D eigenvalue weighted by Crippen LogP contribution is 2.24. The Hall–Kier alpha value is -2.89. The SMILES string of the molecule is Cc1cccc(Nc2cc(C(C)C)c(C(=O)NCC3CCOC(=O)C3)cn2)c1. The van der Waals surface area contributed by atoms with Gasteiger partial charge in [-0.25, -0.2) is 4.98 Å². The van der Waals surface area contributed by atoms with E-state index in [1.165, 1.54) is 0 Å². The van der Waals surface area contributed by atoms with E-state index in [2.05, 4.69) is 29.5 Å². The van der Waals surface area contributed by atoms with E-state index in [1.807, 2.05) is 37.3 Å². The van der Waals surface area contributed by atoms with Crippen LogP contribution < -0.4 is 10.6 Å². The number of carbonyl (C=O) groups excluding carboxylic acids is 2. The van der Waals surface area contributed by atoms with Gasteiger partial charge in [0.2, 0.25) is 0 Å². The lowest BCUT2D eigenvalue weighted by molar-refractivity contribution is -0.149. The van der Waals surface area contributed by atoms with Gasteiger partial charge < -0.3 is 15.4 Å². The van der Waals surface area contributed by atoms with Crippen molar-refractivity contribution >= 4 is 23.4 Å². The van der Waals surface area contributed by atoms with E-state index in [0.717, 1.165) is 23.2 Å². The molecule has 0 aliphatic carbocycles. The van der Waals surface area contributed by atoms with Crippen LogP contribution in [0.5, 0.6) is 0 Å². The van der Waals surface area contributed by atoms with Crippen molar-refractivity contribution in [3.05, 3.63) is 53.2 Å². The molecule has 28 heavy (non-hydrogen) atoms. The van der Waals surface area contributed by atoms with Crippen molar-refractivity contribution in [3.8, 4) is 0 Å². The lowest BCUT2D eigenvalue weighted by atomic mass is 9.97. The monoisotopic (exact) mass is 381 g/mol. The van der Waals surface area contributed by atoms with Crippen molar-refractivity contribution in [2.45, 2.75) is 39.5 Å². The number of ether oxygens (including phenoxy) is 1. The first kappa shape index (κ1) is 19.9. The third-order valence-electron chi connectivity index (χ3n) is 4.89. The van der Waals surface area contributed by atoms with E-state index >= 15 is 0 Å². The first-order valence-electron chi connectivity index (χ1n) is 9.70. The molecule has 2 heterocycles. The quantitative estimate of drug-likeness (QED) is 0.741. The second-order valence-electron chi connectivity index (χ2n) is 7.60. The Bertz CT molecular complexity index is 864. The summed E-state index contributed by atoms with van der Waals surface area (Å²) in [6.45, 7) is 7.04. The van der Waals surface area contributed by atoms with E-state index in [-0.39, 0.29) is 23.7 Å². The van der Waals surface area contributed by atoms with Crippen LogP contribution >= 0.6 is 0 Å². The third kappa shape index (κ3) is 5.09. The van der Waals surface area contributed by atoms with Gasteiger partial charge in [-0.2, -0.15) is 0 Å². The van der Waals surface area contributed by atoms with Crippen LogP contribution in [0.4, 0.5) is 11.5 Å². The summed E-state index contributed by atoms with van der Waals surface area (Å²) in [5, 5.41) is 6.25. The Labute approximate surface area is 165 Å². The topological polar surface area (TPSA) is 80.3 Å². The molecule has 3 rings (SSSR count). The standard InChI is InChI=1S/C22H27N3O3/c1-14(2)18-11-20(25-17-6-4-5-15(3)9-17)23-13-19(18)22(27)24-12-16-7-8-28-21(26)10-16/h4-6,9,11,13-14,16H,7-8,10,12H2,1-3H3,(H,23,25)(H,24,27). The van der Waals surface area contributed by atoms with Crippen LogP contribution in [-0.4, -0.2) is 30.0 Å². The van der Waals surface area contributed by atoms with E-state index in [0.29, 0.717) is 31.0 Å². The van der Waals surface area contributed by atoms with Gasteiger partial charge >= 0.3 is 5.97 Å². The van der Waals surface area contributed by atoms with Crippen molar-refractivity contribution in [1.82, 2.24) is 10.3 Å². The van der Waals surface area contributed by atoms with Gasteiger partial charge in [-0.1, -0.05) is 26.0 Å². The molecule has 2 aromatic rings. The van der Waals surface area contributed by atoms with Crippen molar-refractivity contribution in [2.24, 2.45) is 5.92 Å². The predicted octanol–water partition coefficient (Wildman–Crippen LogP) is 3.94. The van der Waals surface area contributed by atoms with Gasteiger partial charge in [-0.15, -0.1) is 0 Å². The maximum atomic E-state index is 12.7. The molecular weight excluding hydrogens is 354 g/mol. The number of nitrogens with zero attached hydrogens (tertiary/aromatic N) is 1. The van der Waals surface area contributed by atoms with Gasteiger partial charge in [0.15, 0.2) is 0 Å². The first-order chi connectivity index (χ1) is 13.4. The Morgan fingerprint density at radius 1 is 1.32 bits per heavy atom. The van der Waals surface area contributed by atoms with Crippen LogP contribution in [0, 0.1) is 12.8 Å². The molecule has 1 saturated heterocycles. The Kier molecular flexibility index (Phi) is 6.29. The molecule has 1 unspecified atom stereocenters. The molecular formula is C22H27N3O3. The van der Waals surface area contributed by atoms with Gasteiger partial charge in [0.25, 0.3) is 5.91 Å². The number of esters is 1. The minimum absolute atomic E-state index is 0.128. The number of pyridine rings is 1. The van der Waals surface area contributed by atoms with Gasteiger partial charge in [0.1, 0.15) is 5.82 Å². The Balaban J connectivity index is 1.71. The molecule has 1 aliphatic rings. The number of aryl methyl sites for hydroxylation is 1. The molecule has 148 valence electrons. The second-order valence-corrected chi connectivity index (χ2v) is 7.60. The number of amides is 1. The number of nitrogens with one attached hydrogen (secondary N) is 2. The summed E-state index contributed by atoms with van der Waals surface area (Å²) in [6, 6.07) is 9.99. The molecule has 2 N–H and O–H groups in total. The van der Waals surface area contributed by atoms with Gasteiger partial charge in [-0.3, -0.25) is 9.59 Å². The highest BCUT2D eigenvalue weighted by molar-refractivity contribution is 5.96. The first-order valence-corrected chi connectivity index (χ1v) is 9.70. The molecule has 1 aromatic carbocycles. The summed E-state index contributed by atoms with van der Waals surface area (Å²) < 4.78 is 4.95. The van der Waals surface area contributed by atoms with Crippen LogP contribution in [0.2, 0.25) is 0 Å². The summed E-state index contributed by atoms with van der Waals surface area (Å²) in [7, 11) is 0. The van der Waals surface area contributed by atoms with Crippen molar-refractivity contribution in [2.75, 3.05) is 18.5 Å². The fourth-order valence-corrected chi connectivity index (χ4v) is 3.32. The molecule has 1 aliphatic heterocycles. The third-order valence-corrected chi connectivity index (χ3v) is 4.89. The van der Waals surface area contributed by atoms with Crippen molar-refractivity contribution in [3.63, 3.8) is 0 Å². The highest BCUT2D eigenvalue weighted by atomic mass is 16.5. The van der Waals surface area contributed by atoms with E-state index in [4.69, 9.17) is 4.74 Å². The average Bonchev–Trinajstić information content (AvgIpc) is 2.66. The van der Waals surface area contributed by atoms with Crippen LogP contribution in [-0.2, 0) is 9.53 Å². The zero-order valence-corrected chi connectivity index (χ0v) is 16.6. The predicted molar refractivity (Wildman–Crippen MR) is 109 cm³/mol. The zero-order valence-electron chi connectivity index (χ0n) is 16.6. The van der Waals surface area contributed by atoms with E-state index in [1.54, 1.807) is 6.20 Å². The van der Waals surface area contributed by atoms with Crippen LogP contribution in [0.15, 0.2) is 36.5 Å². The average molecular weight is 381 g/mol. The maximum Gasteiger partial charge on any atom is 0.306 e. The number of cyclic esters (lactones) is 1. The lowest BCUT2D eigenvalue weighted by Crippen LogP contribution is -2.34. The number of rotatable bonds is 6. The zero-order chi connectivity index (χ0) is 20.1. The van der Waals surface area contributed by atoms with Crippen LogP contribution in [0.3, 0.4) is 0 Å². The minimum Gasteiger partial charge on any atom is -0.466 e. The van der Waals surface area contributed by atoms with Crippen LogP contribution in [0.1, 0.15) is 54.1 Å². The number of carbonyl (C=O) groups is 2. The minimum atomic E-state index is -0.193. The fraction of sp³-hybridized carbons (Fsp3) is 0.409. The molecule has 1 atom stereocenters. The van der Waals surface area contributed by atoms with Gasteiger partial charge in [0, 0.05) is 18.4 Å². The molecule has 1 amide bonds. The normalized spacial score (nSPS) is 16.6. The molecule has 1 fully saturated rings. The molecule has 0 spiro atoms. The highest BCUT2D eigenvalue weighted by Gasteiger charge is 2.22. The number of benzene rings is 1. The maximum absolute atomic E-state index is 12.7. The Morgan fingerprint density at radius 3 is 2.86 bits per heavy atom. The summed E-state index contributed by atoms with van der Waals surface area (Å²) in [6.07, 6.45) is 2.76. The number of anilines is 2. The second kappa shape index (κ2) is 8.87.